The summed E-state index contributed by atoms with van der Waals surface area (Å²) in [6.45, 7) is 7.47. The molecular formula is C33H40ClN3O6. The predicted molar refractivity (Wildman–Crippen MR) is 163 cm³/mol. The summed E-state index contributed by atoms with van der Waals surface area (Å²) in [4.78, 5) is 43.0. The summed E-state index contributed by atoms with van der Waals surface area (Å²) in [7, 11) is 0. The number of ether oxygens (including phenoxy) is 3. The van der Waals surface area contributed by atoms with Crippen LogP contribution in [0.15, 0.2) is 36.4 Å². The minimum atomic E-state index is -0.759. The highest BCUT2D eigenvalue weighted by Crippen LogP contribution is 2.57. The summed E-state index contributed by atoms with van der Waals surface area (Å²) in [6, 6.07) is 11.3. The van der Waals surface area contributed by atoms with E-state index in [1.165, 1.54) is 0 Å². The van der Waals surface area contributed by atoms with Gasteiger partial charge in [0.05, 0.1) is 33.5 Å². The number of primary amides is 1. The minimum Gasteiger partial charge on any atom is -0.444 e. The molecule has 1 spiro atoms. The molecule has 2 saturated heterocycles. The molecule has 1 atom stereocenters. The second-order valence-corrected chi connectivity index (χ2v) is 13.6. The van der Waals surface area contributed by atoms with Crippen LogP contribution in [0.25, 0.3) is 0 Å². The lowest BCUT2D eigenvalue weighted by Crippen LogP contribution is -2.53. The average molecular weight is 610 g/mol. The Morgan fingerprint density at radius 2 is 1.79 bits per heavy atom. The third kappa shape index (κ3) is 5.63. The van der Waals surface area contributed by atoms with Crippen molar-refractivity contribution in [3.8, 4) is 0 Å². The van der Waals surface area contributed by atoms with E-state index in [1.54, 1.807) is 28.0 Å². The van der Waals surface area contributed by atoms with Gasteiger partial charge in [0.1, 0.15) is 5.60 Å². The van der Waals surface area contributed by atoms with Crippen LogP contribution in [0.1, 0.15) is 93.1 Å². The van der Waals surface area contributed by atoms with E-state index in [9.17, 15) is 14.4 Å². The fraction of sp³-hybridized carbons (Fsp3) is 0.545. The molecule has 0 radical (unpaired) electrons. The monoisotopic (exact) mass is 609 g/mol. The van der Waals surface area contributed by atoms with Gasteiger partial charge in [-0.2, -0.15) is 0 Å². The number of carbonyl (C=O) groups is 3. The largest absolute Gasteiger partial charge is 0.444 e. The Labute approximate surface area is 257 Å². The van der Waals surface area contributed by atoms with Crippen LogP contribution in [-0.2, 0) is 24.4 Å². The van der Waals surface area contributed by atoms with Crippen LogP contribution >= 0.6 is 11.6 Å². The maximum absolute atomic E-state index is 14.4. The lowest BCUT2D eigenvalue weighted by atomic mass is 9.63. The average Bonchev–Trinajstić information content (AvgIpc) is 3.19. The van der Waals surface area contributed by atoms with Crippen molar-refractivity contribution in [2.24, 2.45) is 5.73 Å². The Kier molecular flexibility index (Phi) is 7.94. The Hall–Kier alpha value is -3.14. The smallest absolute Gasteiger partial charge is 0.410 e. The molecule has 2 N–H and O–H groups in total. The molecule has 4 aliphatic rings. The molecule has 1 saturated carbocycles. The summed E-state index contributed by atoms with van der Waals surface area (Å²) in [5, 5.41) is 0.204. The first-order valence-electron chi connectivity index (χ1n) is 15.3. The molecule has 6 rings (SSSR count). The van der Waals surface area contributed by atoms with Crippen molar-refractivity contribution in [2.45, 2.75) is 95.0 Å². The number of piperidine rings is 1. The molecule has 9 nitrogen and oxygen atoms in total. The minimum absolute atomic E-state index is 0.0910. The van der Waals surface area contributed by atoms with E-state index < -0.39 is 16.9 Å². The van der Waals surface area contributed by atoms with Crippen LogP contribution in [0, 0.1) is 0 Å². The van der Waals surface area contributed by atoms with Crippen LogP contribution in [0.3, 0.4) is 0 Å². The fourth-order valence-corrected chi connectivity index (χ4v) is 7.24. The molecule has 3 amide bonds. The Morgan fingerprint density at radius 1 is 1.05 bits per heavy atom. The number of benzene rings is 2. The highest BCUT2D eigenvalue weighted by Gasteiger charge is 2.60. The molecule has 2 aromatic carbocycles. The Morgan fingerprint density at radius 3 is 2.44 bits per heavy atom. The number of nitrogens with two attached hydrogens (primary N) is 1. The number of amides is 3. The van der Waals surface area contributed by atoms with Crippen LogP contribution in [-0.4, -0.2) is 60.5 Å². The molecule has 230 valence electrons. The van der Waals surface area contributed by atoms with Crippen molar-refractivity contribution in [1.29, 1.82) is 0 Å². The summed E-state index contributed by atoms with van der Waals surface area (Å²) in [5.41, 5.74) is 7.74. The van der Waals surface area contributed by atoms with Crippen molar-refractivity contribution in [2.75, 3.05) is 24.6 Å². The maximum atomic E-state index is 14.4. The van der Waals surface area contributed by atoms with Crippen molar-refractivity contribution in [3.05, 3.63) is 58.1 Å². The quantitative estimate of drug-likeness (QED) is 0.434. The highest BCUT2D eigenvalue weighted by molar-refractivity contribution is 6.35. The molecule has 2 aromatic rings. The van der Waals surface area contributed by atoms with Gasteiger partial charge in [-0.25, -0.2) is 4.79 Å². The van der Waals surface area contributed by atoms with Crippen molar-refractivity contribution in [3.63, 3.8) is 0 Å². The number of nitrogens with zero attached hydrogens (tertiary/aromatic N) is 2. The molecule has 43 heavy (non-hydrogen) atoms. The summed E-state index contributed by atoms with van der Waals surface area (Å²) < 4.78 is 17.6. The third-order valence-electron chi connectivity index (χ3n) is 9.12. The van der Waals surface area contributed by atoms with Crippen LogP contribution in [0.5, 0.6) is 0 Å². The van der Waals surface area contributed by atoms with E-state index in [2.05, 4.69) is 18.2 Å². The van der Waals surface area contributed by atoms with Crippen LogP contribution in [0.4, 0.5) is 16.2 Å². The third-order valence-corrected chi connectivity index (χ3v) is 9.44. The molecule has 3 aliphatic heterocycles. The standard InChI is InChI=1S/C33H40ClN3O6/c1-32(2,3)43-31(40)36-14-12-20(13-15-36)21-10-11-23-26(17-21)37(25-8-6-7-24(34)28(25)29(35)38)30(39)33(23)18-22(19-33)42-27-9-4-5-16-41-27/h6-8,10-11,17,20,22,27H,4-5,9,12-16,18-19H2,1-3H3,(H2,35,38). The summed E-state index contributed by atoms with van der Waals surface area (Å²) >= 11 is 6.45. The van der Waals surface area contributed by atoms with Gasteiger partial charge in [0.2, 0.25) is 5.91 Å². The SMILES string of the molecule is CC(C)(C)OC(=O)N1CCC(c2ccc3c(c2)N(c2cccc(Cl)c2C(N)=O)C(=O)C32CC(OC3CCCCO3)C2)CC1. The number of anilines is 2. The van der Waals surface area contributed by atoms with Gasteiger partial charge in [-0.3, -0.25) is 14.5 Å². The molecule has 10 heteroatoms. The zero-order valence-corrected chi connectivity index (χ0v) is 25.8. The predicted octanol–water partition coefficient (Wildman–Crippen LogP) is 6.18. The topological polar surface area (TPSA) is 111 Å². The summed E-state index contributed by atoms with van der Waals surface area (Å²) in [5.74, 6) is -0.590. The number of likely N-dealkylation sites (tertiary alicyclic amines) is 1. The maximum Gasteiger partial charge on any atom is 0.410 e. The Bertz CT molecular complexity index is 1420. The zero-order valence-electron chi connectivity index (χ0n) is 25.1. The van der Waals surface area contributed by atoms with Gasteiger partial charge < -0.3 is 24.8 Å². The van der Waals surface area contributed by atoms with Gasteiger partial charge in [-0.05, 0) is 101 Å². The molecular weight excluding hydrogens is 570 g/mol. The van der Waals surface area contributed by atoms with Gasteiger partial charge in [0.25, 0.3) is 5.91 Å². The number of halogens is 1. The van der Waals surface area contributed by atoms with Crippen LogP contribution < -0.4 is 10.6 Å². The first kappa shape index (κ1) is 29.9. The van der Waals surface area contributed by atoms with E-state index in [4.69, 9.17) is 31.5 Å². The van der Waals surface area contributed by atoms with E-state index >= 15 is 0 Å². The van der Waals surface area contributed by atoms with Crippen LogP contribution in [0.2, 0.25) is 5.02 Å². The molecule has 1 aliphatic carbocycles. The van der Waals surface area contributed by atoms with E-state index in [0.717, 1.165) is 48.9 Å². The number of fused-ring (bicyclic) bond motifs is 2. The second-order valence-electron chi connectivity index (χ2n) is 13.2. The van der Waals surface area contributed by atoms with Gasteiger partial charge in [0.15, 0.2) is 6.29 Å². The fourth-order valence-electron chi connectivity index (χ4n) is 6.98. The molecule has 3 heterocycles. The van der Waals surface area contributed by atoms with E-state index in [1.807, 2.05) is 20.8 Å². The number of hydrogen-bond donors (Lipinski definition) is 1. The highest BCUT2D eigenvalue weighted by atomic mass is 35.5. The molecule has 0 bridgehead atoms. The van der Waals surface area contributed by atoms with Gasteiger partial charge in [-0.15, -0.1) is 0 Å². The first-order valence-corrected chi connectivity index (χ1v) is 15.7. The van der Waals surface area contributed by atoms with Crippen molar-refractivity contribution < 1.29 is 28.6 Å². The van der Waals surface area contributed by atoms with Gasteiger partial charge >= 0.3 is 6.09 Å². The number of rotatable bonds is 5. The number of carbonyl (C=O) groups excluding carboxylic acids is 3. The van der Waals surface area contributed by atoms with Gasteiger partial charge in [-0.1, -0.05) is 29.8 Å². The first-order chi connectivity index (χ1) is 20.5. The normalized spacial score (nSPS) is 25.9. The van der Waals surface area contributed by atoms with E-state index in [0.29, 0.717) is 38.2 Å². The lowest BCUT2D eigenvalue weighted by molar-refractivity contribution is -0.213. The van der Waals surface area contributed by atoms with Gasteiger partial charge in [0, 0.05) is 19.7 Å². The number of hydrogen-bond acceptors (Lipinski definition) is 6. The molecule has 1 unspecified atom stereocenters. The Balaban J connectivity index is 1.29. The second kappa shape index (κ2) is 11.4. The molecule has 3 fully saturated rings. The van der Waals surface area contributed by atoms with E-state index in [-0.39, 0.29) is 40.9 Å². The zero-order chi connectivity index (χ0) is 30.5. The van der Waals surface area contributed by atoms with Crippen molar-refractivity contribution >= 4 is 40.9 Å². The summed E-state index contributed by atoms with van der Waals surface area (Å²) in [6.07, 6.45) is 4.99. The molecule has 0 aromatic heterocycles. The lowest BCUT2D eigenvalue weighted by Gasteiger charge is -2.45. The van der Waals surface area contributed by atoms with Crippen molar-refractivity contribution in [1.82, 2.24) is 4.90 Å².